The van der Waals surface area contributed by atoms with Gasteiger partial charge in [0.05, 0.1) is 6.61 Å². The van der Waals surface area contributed by atoms with Crippen molar-refractivity contribution in [3.63, 3.8) is 0 Å². The molecule has 22 heavy (non-hydrogen) atoms. The molecule has 8 heteroatoms. The highest BCUT2D eigenvalue weighted by atomic mass is 16.7. The molecule has 0 radical (unpaired) electrons. The van der Waals surface area contributed by atoms with Crippen molar-refractivity contribution < 1.29 is 29.3 Å². The van der Waals surface area contributed by atoms with E-state index in [-0.39, 0.29) is 6.61 Å². The summed E-state index contributed by atoms with van der Waals surface area (Å²) in [6.07, 6.45) is -5.83. The van der Waals surface area contributed by atoms with Gasteiger partial charge in [0, 0.05) is 10.5 Å². The summed E-state index contributed by atoms with van der Waals surface area (Å²) >= 11 is 0. The molecular formula is C14H17NO7. The van der Waals surface area contributed by atoms with E-state index >= 15 is 0 Å². The largest absolute Gasteiger partial charge is 0.387 e. The number of hydrogen-bond acceptors (Lipinski definition) is 7. The molecule has 2 aliphatic rings. The molecule has 3 rings (SSSR count). The number of hydrogen-bond donors (Lipinski definition) is 2. The van der Waals surface area contributed by atoms with E-state index < -0.39 is 48.3 Å². The van der Waals surface area contributed by atoms with Crippen LogP contribution in [0.5, 0.6) is 0 Å². The van der Waals surface area contributed by atoms with Gasteiger partial charge in [-0.2, -0.15) is 0 Å². The Morgan fingerprint density at radius 3 is 2.59 bits per heavy atom. The number of fused-ring (bicyclic) bond motifs is 1. The molecule has 6 atom stereocenters. The van der Waals surface area contributed by atoms with Crippen LogP contribution in [0, 0.1) is 10.1 Å². The average molecular weight is 311 g/mol. The van der Waals surface area contributed by atoms with Crippen molar-refractivity contribution in [3.8, 4) is 0 Å². The second-order valence-electron chi connectivity index (χ2n) is 5.39. The van der Waals surface area contributed by atoms with Gasteiger partial charge in [-0.05, 0) is 0 Å². The summed E-state index contributed by atoms with van der Waals surface area (Å²) in [5.74, 6) is 0. The van der Waals surface area contributed by atoms with Crippen molar-refractivity contribution in [1.29, 1.82) is 0 Å². The number of nitrogens with zero attached hydrogens (tertiary/aromatic N) is 1. The van der Waals surface area contributed by atoms with Gasteiger partial charge in [0.15, 0.2) is 12.4 Å². The van der Waals surface area contributed by atoms with E-state index in [0.29, 0.717) is 0 Å². The quantitative estimate of drug-likeness (QED) is 0.590. The third-order valence-corrected chi connectivity index (χ3v) is 3.88. The number of rotatable bonds is 3. The molecule has 0 aliphatic carbocycles. The molecule has 1 aromatic carbocycles. The van der Waals surface area contributed by atoms with Crippen molar-refractivity contribution in [2.45, 2.75) is 36.8 Å². The maximum absolute atomic E-state index is 10.6. The van der Waals surface area contributed by atoms with Gasteiger partial charge in [-0.3, -0.25) is 10.1 Å². The smallest absolute Gasteiger partial charge is 0.232 e. The number of benzene rings is 1. The highest BCUT2D eigenvalue weighted by Crippen LogP contribution is 2.33. The second kappa shape index (κ2) is 6.27. The summed E-state index contributed by atoms with van der Waals surface area (Å²) in [5, 5.41) is 30.8. The predicted octanol–water partition coefficient (Wildman–Crippen LogP) is -0.134. The van der Waals surface area contributed by atoms with Gasteiger partial charge in [-0.15, -0.1) is 0 Å². The summed E-state index contributed by atoms with van der Waals surface area (Å²) in [7, 11) is 0. The molecule has 0 amide bonds. The summed E-state index contributed by atoms with van der Waals surface area (Å²) < 4.78 is 16.7. The lowest BCUT2D eigenvalue weighted by atomic mass is 9.94. The zero-order chi connectivity index (χ0) is 15.7. The van der Waals surface area contributed by atoms with Crippen LogP contribution in [-0.2, 0) is 14.2 Å². The number of nitro groups is 1. The first-order chi connectivity index (χ1) is 10.6. The maximum atomic E-state index is 10.6. The van der Waals surface area contributed by atoms with Crippen LogP contribution in [0.4, 0.5) is 0 Å². The lowest BCUT2D eigenvalue weighted by Crippen LogP contribution is -2.62. The molecule has 0 unspecified atom stereocenters. The molecule has 2 N–H and O–H groups in total. The fraction of sp³-hybridized carbons (Fsp3) is 0.571. The normalized spacial score (nSPS) is 38.3. The van der Waals surface area contributed by atoms with E-state index in [9.17, 15) is 20.3 Å². The molecule has 2 saturated heterocycles. The van der Waals surface area contributed by atoms with E-state index in [1.807, 2.05) is 30.3 Å². The van der Waals surface area contributed by atoms with E-state index in [4.69, 9.17) is 14.2 Å². The molecule has 2 fully saturated rings. The van der Waals surface area contributed by atoms with E-state index in [1.54, 1.807) is 0 Å². The van der Waals surface area contributed by atoms with Gasteiger partial charge in [0.25, 0.3) is 0 Å². The SMILES string of the molecule is O=[N+]([O-])C[C@@H]1O[C@@H]2CO[C@H](c3ccccc3)O[C@H]2[C@H](O)[C@H]1O. The first-order valence-electron chi connectivity index (χ1n) is 7.01. The zero-order valence-electron chi connectivity index (χ0n) is 11.6. The fourth-order valence-corrected chi connectivity index (χ4v) is 2.77. The molecule has 8 nitrogen and oxygen atoms in total. The highest BCUT2D eigenvalue weighted by molar-refractivity contribution is 5.16. The van der Waals surface area contributed by atoms with Crippen LogP contribution in [0.2, 0.25) is 0 Å². The van der Waals surface area contributed by atoms with Gasteiger partial charge >= 0.3 is 0 Å². The summed E-state index contributed by atoms with van der Waals surface area (Å²) in [6, 6.07) is 9.19. The van der Waals surface area contributed by atoms with Crippen molar-refractivity contribution in [2.75, 3.05) is 13.2 Å². The van der Waals surface area contributed by atoms with Crippen molar-refractivity contribution in [2.24, 2.45) is 0 Å². The Morgan fingerprint density at radius 1 is 1.18 bits per heavy atom. The minimum Gasteiger partial charge on any atom is -0.387 e. The molecule has 2 aliphatic heterocycles. The van der Waals surface area contributed by atoms with Gasteiger partial charge in [-0.1, -0.05) is 30.3 Å². The number of aliphatic hydroxyl groups excluding tert-OH is 2. The molecule has 1 aromatic rings. The standard InChI is InChI=1S/C14H17NO7/c16-11-9(6-15(18)19)21-10-7-20-14(22-13(10)12(11)17)8-4-2-1-3-5-8/h1-5,9-14,16-17H,6-7H2/t9-,10+,11-,12+,13+,14-/m0/s1. The molecule has 2 heterocycles. The number of ether oxygens (including phenoxy) is 3. The minimum atomic E-state index is -1.37. The van der Waals surface area contributed by atoms with Crippen LogP contribution in [0.15, 0.2) is 30.3 Å². The Labute approximate surface area is 126 Å². The third kappa shape index (κ3) is 2.96. The Bertz CT molecular complexity index is 523. The van der Waals surface area contributed by atoms with Gasteiger partial charge in [-0.25, -0.2) is 0 Å². The van der Waals surface area contributed by atoms with E-state index in [2.05, 4.69) is 0 Å². The molecule has 0 bridgehead atoms. The van der Waals surface area contributed by atoms with Crippen LogP contribution in [-0.4, -0.2) is 58.8 Å². The third-order valence-electron chi connectivity index (χ3n) is 3.88. The first kappa shape index (κ1) is 15.3. The Morgan fingerprint density at radius 2 is 1.91 bits per heavy atom. The topological polar surface area (TPSA) is 111 Å². The monoisotopic (exact) mass is 311 g/mol. The van der Waals surface area contributed by atoms with Crippen molar-refractivity contribution in [3.05, 3.63) is 46.0 Å². The van der Waals surface area contributed by atoms with E-state index in [1.165, 1.54) is 0 Å². The highest BCUT2D eigenvalue weighted by Gasteiger charge is 2.50. The van der Waals surface area contributed by atoms with Gasteiger partial charge < -0.3 is 24.4 Å². The Kier molecular flexibility index (Phi) is 4.37. The predicted molar refractivity (Wildman–Crippen MR) is 72.5 cm³/mol. The number of aliphatic hydroxyl groups is 2. The van der Waals surface area contributed by atoms with Crippen molar-refractivity contribution >= 4 is 0 Å². The fourth-order valence-electron chi connectivity index (χ4n) is 2.77. The molecule has 0 saturated carbocycles. The van der Waals surface area contributed by atoms with Gasteiger partial charge in [0.2, 0.25) is 6.54 Å². The lowest BCUT2D eigenvalue weighted by Gasteiger charge is -2.45. The zero-order valence-corrected chi connectivity index (χ0v) is 11.6. The molecular weight excluding hydrogens is 294 g/mol. The van der Waals surface area contributed by atoms with Crippen LogP contribution in [0.3, 0.4) is 0 Å². The summed E-state index contributed by atoms with van der Waals surface area (Å²) in [4.78, 5) is 10.0. The maximum Gasteiger partial charge on any atom is 0.232 e. The van der Waals surface area contributed by atoms with Crippen LogP contribution in [0.1, 0.15) is 11.9 Å². The Hall–Kier alpha value is -1.58. The average Bonchev–Trinajstić information content (AvgIpc) is 2.52. The van der Waals surface area contributed by atoms with Crippen molar-refractivity contribution in [1.82, 2.24) is 0 Å². The minimum absolute atomic E-state index is 0.127. The molecule has 120 valence electrons. The lowest BCUT2D eigenvalue weighted by molar-refractivity contribution is -0.501. The van der Waals surface area contributed by atoms with Gasteiger partial charge in [0.1, 0.15) is 24.4 Å². The molecule has 0 aromatic heterocycles. The summed E-state index contributed by atoms with van der Waals surface area (Å²) in [5.41, 5.74) is 0.787. The summed E-state index contributed by atoms with van der Waals surface area (Å²) in [6.45, 7) is -0.453. The van der Waals surface area contributed by atoms with Crippen LogP contribution >= 0.6 is 0 Å². The Balaban J connectivity index is 1.71. The molecule has 0 spiro atoms. The van der Waals surface area contributed by atoms with E-state index in [0.717, 1.165) is 5.56 Å². The second-order valence-corrected chi connectivity index (χ2v) is 5.39. The van der Waals surface area contributed by atoms with Crippen LogP contribution < -0.4 is 0 Å². The van der Waals surface area contributed by atoms with Crippen LogP contribution in [0.25, 0.3) is 0 Å². The first-order valence-corrected chi connectivity index (χ1v) is 7.01.